The second-order valence-corrected chi connectivity index (χ2v) is 5.33. The fourth-order valence-corrected chi connectivity index (χ4v) is 2.22. The van der Waals surface area contributed by atoms with E-state index in [2.05, 4.69) is 10.6 Å². The number of urea groups is 1. The molecule has 0 heterocycles. The van der Waals surface area contributed by atoms with E-state index in [1.807, 2.05) is 30.3 Å². The summed E-state index contributed by atoms with van der Waals surface area (Å²) in [6.45, 7) is 0. The predicted molar refractivity (Wildman–Crippen MR) is 98.7 cm³/mol. The van der Waals surface area contributed by atoms with E-state index in [1.54, 1.807) is 30.3 Å². The maximum Gasteiger partial charge on any atom is 0.323 e. The number of benzene rings is 3. The van der Waals surface area contributed by atoms with Crippen molar-refractivity contribution in [2.75, 3.05) is 10.6 Å². The van der Waals surface area contributed by atoms with Gasteiger partial charge in [-0.15, -0.1) is 0 Å². The molecule has 3 rings (SSSR count). The fourth-order valence-electron chi connectivity index (χ4n) is 2.22. The highest BCUT2D eigenvalue weighted by atomic mass is 16.6. The Labute approximate surface area is 149 Å². The van der Waals surface area contributed by atoms with Gasteiger partial charge in [-0.25, -0.2) is 4.79 Å². The van der Waals surface area contributed by atoms with Gasteiger partial charge in [0, 0.05) is 23.5 Å². The van der Waals surface area contributed by atoms with Gasteiger partial charge in [-0.1, -0.05) is 24.3 Å². The number of rotatable bonds is 5. The van der Waals surface area contributed by atoms with Gasteiger partial charge in [0.25, 0.3) is 5.69 Å². The first-order chi connectivity index (χ1) is 12.6. The highest BCUT2D eigenvalue weighted by Crippen LogP contribution is 2.23. The fraction of sp³-hybridized carbons (Fsp3) is 0. The molecule has 0 unspecified atom stereocenters. The summed E-state index contributed by atoms with van der Waals surface area (Å²) in [7, 11) is 0. The molecule has 0 aliphatic carbocycles. The second kappa shape index (κ2) is 7.80. The number of hydrogen-bond donors (Lipinski definition) is 2. The van der Waals surface area contributed by atoms with E-state index < -0.39 is 11.0 Å². The molecule has 2 amide bonds. The van der Waals surface area contributed by atoms with Gasteiger partial charge in [0.2, 0.25) is 0 Å². The van der Waals surface area contributed by atoms with Crippen LogP contribution in [0.25, 0.3) is 0 Å². The largest absolute Gasteiger partial charge is 0.457 e. The average Bonchev–Trinajstić information content (AvgIpc) is 2.64. The molecule has 0 spiro atoms. The molecule has 2 N–H and O–H groups in total. The number of non-ortho nitro benzene ring substituents is 1. The molecule has 3 aromatic rings. The molecular weight excluding hydrogens is 334 g/mol. The smallest absolute Gasteiger partial charge is 0.323 e. The molecule has 0 bridgehead atoms. The van der Waals surface area contributed by atoms with E-state index in [0.29, 0.717) is 17.1 Å². The topological polar surface area (TPSA) is 93.5 Å². The lowest BCUT2D eigenvalue weighted by Crippen LogP contribution is -2.19. The van der Waals surface area contributed by atoms with Crippen LogP contribution in [0.1, 0.15) is 0 Å². The standard InChI is InChI=1S/C19H15N3O4/c23-19(21-15-5-4-6-16(13-15)22(24)25)20-14-9-11-18(12-10-14)26-17-7-2-1-3-8-17/h1-13H,(H2,20,21,23). The molecule has 0 aromatic heterocycles. The maximum atomic E-state index is 12.0. The Kier molecular flexibility index (Phi) is 5.09. The van der Waals surface area contributed by atoms with Crippen molar-refractivity contribution in [1.29, 1.82) is 0 Å². The molecule has 7 nitrogen and oxygen atoms in total. The number of ether oxygens (including phenoxy) is 1. The van der Waals surface area contributed by atoms with E-state index in [0.717, 1.165) is 5.75 Å². The molecule has 0 saturated carbocycles. The van der Waals surface area contributed by atoms with Crippen molar-refractivity contribution in [2.24, 2.45) is 0 Å². The molecule has 3 aromatic carbocycles. The summed E-state index contributed by atoms with van der Waals surface area (Å²) in [4.78, 5) is 22.3. The van der Waals surface area contributed by atoms with Crippen molar-refractivity contribution in [2.45, 2.75) is 0 Å². The summed E-state index contributed by atoms with van der Waals surface area (Å²) < 4.78 is 5.68. The summed E-state index contributed by atoms with van der Waals surface area (Å²) in [5.41, 5.74) is 0.805. The number of nitrogens with zero attached hydrogens (tertiary/aromatic N) is 1. The van der Waals surface area contributed by atoms with Crippen LogP contribution in [0.2, 0.25) is 0 Å². The lowest BCUT2D eigenvalue weighted by Gasteiger charge is -2.09. The summed E-state index contributed by atoms with van der Waals surface area (Å²) >= 11 is 0. The zero-order valence-electron chi connectivity index (χ0n) is 13.6. The summed E-state index contributed by atoms with van der Waals surface area (Å²) in [5.74, 6) is 1.36. The maximum absolute atomic E-state index is 12.0. The Morgan fingerprint density at radius 1 is 0.808 bits per heavy atom. The van der Waals surface area contributed by atoms with Crippen LogP contribution >= 0.6 is 0 Å². The van der Waals surface area contributed by atoms with Crippen LogP contribution in [0.5, 0.6) is 11.5 Å². The number of carbonyl (C=O) groups is 1. The lowest BCUT2D eigenvalue weighted by atomic mass is 10.3. The van der Waals surface area contributed by atoms with Gasteiger partial charge in [0.1, 0.15) is 11.5 Å². The third-order valence-electron chi connectivity index (χ3n) is 3.41. The normalized spacial score (nSPS) is 10.0. The molecule has 0 atom stereocenters. The molecule has 0 radical (unpaired) electrons. The average molecular weight is 349 g/mol. The molecule has 7 heteroatoms. The highest BCUT2D eigenvalue weighted by Gasteiger charge is 2.08. The lowest BCUT2D eigenvalue weighted by molar-refractivity contribution is -0.384. The van der Waals surface area contributed by atoms with Crippen molar-refractivity contribution in [1.82, 2.24) is 0 Å². The van der Waals surface area contributed by atoms with E-state index >= 15 is 0 Å². The number of hydrogen-bond acceptors (Lipinski definition) is 4. The monoisotopic (exact) mass is 349 g/mol. The third kappa shape index (κ3) is 4.57. The summed E-state index contributed by atoms with van der Waals surface area (Å²) in [6.07, 6.45) is 0. The number of anilines is 2. The molecule has 0 aliphatic rings. The first kappa shape index (κ1) is 17.0. The Balaban J connectivity index is 1.59. The van der Waals surface area contributed by atoms with Crippen molar-refractivity contribution in [3.05, 3.63) is 89.0 Å². The number of nitro groups is 1. The van der Waals surface area contributed by atoms with Crippen LogP contribution < -0.4 is 15.4 Å². The first-order valence-electron chi connectivity index (χ1n) is 7.75. The third-order valence-corrected chi connectivity index (χ3v) is 3.41. The predicted octanol–water partition coefficient (Wildman–Crippen LogP) is 5.03. The highest BCUT2D eigenvalue weighted by molar-refractivity contribution is 5.99. The van der Waals surface area contributed by atoms with Crippen LogP contribution in [0.4, 0.5) is 21.9 Å². The zero-order chi connectivity index (χ0) is 18.4. The van der Waals surface area contributed by atoms with Crippen molar-refractivity contribution in [3.8, 4) is 11.5 Å². The second-order valence-electron chi connectivity index (χ2n) is 5.33. The summed E-state index contributed by atoms with van der Waals surface area (Å²) in [6, 6.07) is 21.4. The van der Waals surface area contributed by atoms with Crippen LogP contribution in [0.3, 0.4) is 0 Å². The number of nitro benzene ring substituents is 1. The van der Waals surface area contributed by atoms with E-state index in [4.69, 9.17) is 4.74 Å². The van der Waals surface area contributed by atoms with E-state index in [9.17, 15) is 14.9 Å². The number of para-hydroxylation sites is 1. The Morgan fingerprint density at radius 3 is 2.15 bits per heavy atom. The number of nitrogens with one attached hydrogen (secondary N) is 2. The van der Waals surface area contributed by atoms with E-state index in [1.165, 1.54) is 18.2 Å². The number of carbonyl (C=O) groups excluding carboxylic acids is 1. The van der Waals surface area contributed by atoms with Gasteiger partial charge in [-0.2, -0.15) is 0 Å². The van der Waals surface area contributed by atoms with Crippen LogP contribution in [-0.2, 0) is 0 Å². The Bertz CT molecular complexity index is 912. The van der Waals surface area contributed by atoms with Crippen LogP contribution in [0.15, 0.2) is 78.9 Å². The minimum absolute atomic E-state index is 0.0924. The van der Waals surface area contributed by atoms with Gasteiger partial charge in [-0.3, -0.25) is 10.1 Å². The van der Waals surface area contributed by atoms with Crippen molar-refractivity contribution < 1.29 is 14.5 Å². The van der Waals surface area contributed by atoms with Gasteiger partial charge < -0.3 is 15.4 Å². The summed E-state index contributed by atoms with van der Waals surface area (Å²) in [5, 5.41) is 16.0. The van der Waals surface area contributed by atoms with Gasteiger partial charge >= 0.3 is 6.03 Å². The van der Waals surface area contributed by atoms with Crippen molar-refractivity contribution in [3.63, 3.8) is 0 Å². The molecular formula is C19H15N3O4. The van der Waals surface area contributed by atoms with Gasteiger partial charge in [-0.05, 0) is 42.5 Å². The van der Waals surface area contributed by atoms with Gasteiger partial charge in [0.15, 0.2) is 0 Å². The van der Waals surface area contributed by atoms with Gasteiger partial charge in [0.05, 0.1) is 4.92 Å². The molecule has 130 valence electrons. The minimum Gasteiger partial charge on any atom is -0.457 e. The SMILES string of the molecule is O=C(Nc1ccc(Oc2ccccc2)cc1)Nc1cccc([N+](=O)[O-])c1. The zero-order valence-corrected chi connectivity index (χ0v) is 13.6. The van der Waals surface area contributed by atoms with Crippen LogP contribution in [-0.4, -0.2) is 11.0 Å². The molecule has 0 aliphatic heterocycles. The first-order valence-corrected chi connectivity index (χ1v) is 7.75. The van der Waals surface area contributed by atoms with Crippen LogP contribution in [0, 0.1) is 10.1 Å². The minimum atomic E-state index is -0.519. The Morgan fingerprint density at radius 2 is 1.46 bits per heavy atom. The quantitative estimate of drug-likeness (QED) is 0.499. The number of amides is 2. The molecule has 0 fully saturated rings. The van der Waals surface area contributed by atoms with E-state index in [-0.39, 0.29) is 5.69 Å². The molecule has 26 heavy (non-hydrogen) atoms. The van der Waals surface area contributed by atoms with Crippen molar-refractivity contribution >= 4 is 23.1 Å². The Hall–Kier alpha value is -3.87. The molecule has 0 saturated heterocycles.